The Labute approximate surface area is 213 Å². The van der Waals surface area contributed by atoms with Crippen molar-refractivity contribution < 1.29 is 19.3 Å². The maximum atomic E-state index is 13.8. The average Bonchev–Trinajstić information content (AvgIpc) is 3.26. The van der Waals surface area contributed by atoms with Crippen LogP contribution in [-0.2, 0) is 16.1 Å². The normalized spacial score (nSPS) is 13.7. The van der Waals surface area contributed by atoms with Crippen LogP contribution in [0.1, 0.15) is 27.9 Å². The van der Waals surface area contributed by atoms with Gasteiger partial charge in [-0.2, -0.15) is 9.67 Å². The van der Waals surface area contributed by atoms with Crippen molar-refractivity contribution >= 4 is 34.7 Å². The molecule has 1 aliphatic heterocycles. The predicted octanol–water partition coefficient (Wildman–Crippen LogP) is 3.75. The number of carbonyl (C=O) groups is 2. The molecule has 36 heavy (non-hydrogen) atoms. The summed E-state index contributed by atoms with van der Waals surface area (Å²) in [5, 5.41) is 18.6. The lowest BCUT2D eigenvalue weighted by Crippen LogP contribution is -2.39. The van der Waals surface area contributed by atoms with Gasteiger partial charge in [0.25, 0.3) is 11.6 Å². The van der Waals surface area contributed by atoms with E-state index in [0.717, 1.165) is 16.7 Å². The van der Waals surface area contributed by atoms with Crippen molar-refractivity contribution in [2.24, 2.45) is 0 Å². The zero-order valence-electron chi connectivity index (χ0n) is 20.0. The number of halogens is 1. The number of rotatable bonds is 5. The van der Waals surface area contributed by atoms with Crippen LogP contribution in [0.4, 0.5) is 0 Å². The minimum Gasteiger partial charge on any atom is -0.858 e. The predicted molar refractivity (Wildman–Crippen MR) is 134 cm³/mol. The Morgan fingerprint density at radius 3 is 2.19 bits per heavy atom. The van der Waals surface area contributed by atoms with E-state index in [4.69, 9.17) is 11.6 Å². The van der Waals surface area contributed by atoms with Gasteiger partial charge < -0.3 is 5.11 Å². The number of imide groups is 1. The lowest BCUT2D eigenvalue weighted by atomic mass is 10.0. The highest BCUT2D eigenvalue weighted by Crippen LogP contribution is 2.37. The summed E-state index contributed by atoms with van der Waals surface area (Å²) >= 11 is 6.00. The van der Waals surface area contributed by atoms with Crippen molar-refractivity contribution in [3.8, 4) is 11.6 Å². The summed E-state index contributed by atoms with van der Waals surface area (Å²) in [6.45, 7) is 5.58. The zero-order chi connectivity index (χ0) is 25.6. The number of carbonyl (C=O) groups excluding carboxylic acids is 2. The number of hydrogen-bond donors (Lipinski definition) is 0. The van der Waals surface area contributed by atoms with E-state index < -0.39 is 17.7 Å². The van der Waals surface area contributed by atoms with Gasteiger partial charge in [-0.25, -0.2) is 4.68 Å². The second-order valence-electron chi connectivity index (χ2n) is 8.86. The Kier molecular flexibility index (Phi) is 5.94. The molecule has 0 aliphatic carbocycles. The van der Waals surface area contributed by atoms with Crippen LogP contribution in [0.2, 0.25) is 5.02 Å². The Balaban J connectivity index is 1.71. The number of hydrogen-bond acceptors (Lipinski definition) is 4. The largest absolute Gasteiger partial charge is 0.858 e. The molecule has 0 spiro atoms. The Morgan fingerprint density at radius 1 is 0.917 bits per heavy atom. The van der Waals surface area contributed by atoms with Crippen LogP contribution in [0.5, 0.6) is 5.88 Å². The fourth-order valence-electron chi connectivity index (χ4n) is 4.53. The molecular weight excluding hydrogens is 476 g/mol. The van der Waals surface area contributed by atoms with Crippen molar-refractivity contribution in [2.75, 3.05) is 0 Å². The molecule has 0 fully saturated rings. The molecule has 2 aromatic carbocycles. The highest BCUT2D eigenvalue weighted by Gasteiger charge is 2.46. The van der Waals surface area contributed by atoms with Gasteiger partial charge in [0.15, 0.2) is 12.4 Å². The molecular formula is C28H23ClN4O3. The van der Waals surface area contributed by atoms with Crippen LogP contribution in [-0.4, -0.2) is 26.5 Å². The molecule has 0 N–H and O–H groups in total. The van der Waals surface area contributed by atoms with E-state index in [1.807, 2.05) is 50.2 Å². The van der Waals surface area contributed by atoms with Gasteiger partial charge in [-0.3, -0.25) is 14.5 Å². The standard InChI is InChI=1S/C28H23ClN4O3/c1-17-13-18(2)15-31(14-17)25-24(26(34)32(28(25)36)16-20-7-5-4-6-8-20)23-19(3)30-33(27(23)35)22-11-9-21(29)10-12-22/h4-15H,16H2,1-3H3. The van der Waals surface area contributed by atoms with Crippen LogP contribution in [0.3, 0.4) is 0 Å². The monoisotopic (exact) mass is 498 g/mol. The molecule has 0 atom stereocenters. The molecule has 0 radical (unpaired) electrons. The molecule has 5 rings (SSSR count). The Bertz CT molecular complexity index is 1520. The molecule has 0 unspecified atom stereocenters. The molecule has 2 aromatic heterocycles. The van der Waals surface area contributed by atoms with Gasteiger partial charge in [-0.1, -0.05) is 41.9 Å². The van der Waals surface area contributed by atoms with E-state index in [-0.39, 0.29) is 23.4 Å². The summed E-state index contributed by atoms with van der Waals surface area (Å²) in [6.07, 6.45) is 3.56. The quantitative estimate of drug-likeness (QED) is 0.310. The lowest BCUT2D eigenvalue weighted by molar-refractivity contribution is -0.577. The smallest absolute Gasteiger partial charge is 0.327 e. The van der Waals surface area contributed by atoms with Crippen LogP contribution in [0.15, 0.2) is 73.1 Å². The molecule has 2 amide bonds. The zero-order valence-corrected chi connectivity index (χ0v) is 20.8. The minimum absolute atomic E-state index is 0.0497. The van der Waals surface area contributed by atoms with Gasteiger partial charge in [0.2, 0.25) is 0 Å². The summed E-state index contributed by atoms with van der Waals surface area (Å²) in [6, 6.07) is 17.9. The molecule has 4 aromatic rings. The molecule has 1 aliphatic rings. The third-order valence-electron chi connectivity index (χ3n) is 6.07. The highest BCUT2D eigenvalue weighted by molar-refractivity contribution is 6.44. The maximum Gasteiger partial charge on any atom is 0.327 e. The van der Waals surface area contributed by atoms with E-state index in [9.17, 15) is 14.7 Å². The highest BCUT2D eigenvalue weighted by atomic mass is 35.5. The number of nitrogens with zero attached hydrogens (tertiary/aromatic N) is 4. The van der Waals surface area contributed by atoms with Gasteiger partial charge in [0.05, 0.1) is 17.9 Å². The second kappa shape index (κ2) is 9.09. The van der Waals surface area contributed by atoms with Crippen LogP contribution >= 0.6 is 11.6 Å². The second-order valence-corrected chi connectivity index (χ2v) is 9.29. The lowest BCUT2D eigenvalue weighted by Gasteiger charge is -2.15. The first-order valence-corrected chi connectivity index (χ1v) is 11.8. The fraction of sp³-hybridized carbons (Fsp3) is 0.143. The molecule has 0 bridgehead atoms. The Hall–Kier alpha value is -4.23. The van der Waals surface area contributed by atoms with Crippen molar-refractivity contribution in [1.29, 1.82) is 0 Å². The molecule has 0 saturated heterocycles. The number of amides is 2. The number of aromatic nitrogens is 3. The summed E-state index contributed by atoms with van der Waals surface area (Å²) in [5.74, 6) is -1.47. The van der Waals surface area contributed by atoms with Gasteiger partial charge in [0, 0.05) is 21.7 Å². The summed E-state index contributed by atoms with van der Waals surface area (Å²) < 4.78 is 2.87. The summed E-state index contributed by atoms with van der Waals surface area (Å²) in [5.41, 5.74) is 3.81. The van der Waals surface area contributed by atoms with Crippen LogP contribution in [0.25, 0.3) is 17.0 Å². The first-order chi connectivity index (χ1) is 17.2. The molecule has 7 nitrogen and oxygen atoms in total. The number of pyridine rings is 1. The van der Waals surface area contributed by atoms with E-state index in [0.29, 0.717) is 16.4 Å². The molecule has 180 valence electrons. The molecule has 8 heteroatoms. The average molecular weight is 499 g/mol. The van der Waals surface area contributed by atoms with Gasteiger partial charge in [0.1, 0.15) is 5.57 Å². The summed E-state index contributed by atoms with van der Waals surface area (Å²) in [4.78, 5) is 28.7. The van der Waals surface area contributed by atoms with Crippen molar-refractivity contribution in [1.82, 2.24) is 14.7 Å². The maximum absolute atomic E-state index is 13.8. The van der Waals surface area contributed by atoms with E-state index in [2.05, 4.69) is 5.10 Å². The van der Waals surface area contributed by atoms with E-state index in [1.165, 1.54) is 9.58 Å². The van der Waals surface area contributed by atoms with Gasteiger partial charge in [-0.05, 0) is 62.5 Å². The van der Waals surface area contributed by atoms with Crippen molar-refractivity contribution in [3.63, 3.8) is 0 Å². The van der Waals surface area contributed by atoms with E-state index >= 15 is 0 Å². The molecule has 0 saturated carbocycles. The third-order valence-corrected chi connectivity index (χ3v) is 6.32. The van der Waals surface area contributed by atoms with E-state index in [1.54, 1.807) is 48.1 Å². The van der Waals surface area contributed by atoms with Gasteiger partial charge >= 0.3 is 5.91 Å². The van der Waals surface area contributed by atoms with Crippen molar-refractivity contribution in [3.05, 3.63) is 106 Å². The third kappa shape index (κ3) is 4.07. The van der Waals surface area contributed by atoms with Crippen LogP contribution in [0, 0.1) is 20.8 Å². The first kappa shape index (κ1) is 23.5. The first-order valence-electron chi connectivity index (χ1n) is 11.4. The van der Waals surface area contributed by atoms with Crippen LogP contribution < -0.4 is 9.67 Å². The van der Waals surface area contributed by atoms with Gasteiger partial charge in [-0.15, -0.1) is 0 Å². The summed E-state index contributed by atoms with van der Waals surface area (Å²) in [7, 11) is 0. The Morgan fingerprint density at radius 2 is 1.56 bits per heavy atom. The number of benzene rings is 2. The minimum atomic E-state index is -0.527. The SMILES string of the molecule is Cc1cc(C)c[n+](C2=C(c3c(C)nn(-c4ccc(Cl)cc4)c3[O-])C(=O)N(Cc3ccccc3)C2=O)c1. The van der Waals surface area contributed by atoms with Crippen molar-refractivity contribution in [2.45, 2.75) is 27.3 Å². The topological polar surface area (TPSA) is 82.1 Å². The fourth-order valence-corrected chi connectivity index (χ4v) is 4.65. The molecule has 3 heterocycles. The number of aryl methyl sites for hydroxylation is 3.